The summed E-state index contributed by atoms with van der Waals surface area (Å²) >= 11 is 1.75. The van der Waals surface area contributed by atoms with Gasteiger partial charge in [0.1, 0.15) is 0 Å². The van der Waals surface area contributed by atoms with Crippen molar-refractivity contribution in [2.24, 2.45) is 0 Å². The van der Waals surface area contributed by atoms with Gasteiger partial charge in [-0.05, 0) is 37.1 Å². The molecular weight excluding hydrogens is 266 g/mol. The Labute approximate surface area is 124 Å². The molecule has 0 unspecified atom stereocenters. The largest absolute Gasteiger partial charge is 0.378 e. The first kappa shape index (κ1) is 13.6. The molecule has 1 saturated heterocycles. The van der Waals surface area contributed by atoms with E-state index in [9.17, 15) is 0 Å². The van der Waals surface area contributed by atoms with Crippen molar-refractivity contribution < 1.29 is 0 Å². The van der Waals surface area contributed by atoms with E-state index in [4.69, 9.17) is 0 Å². The number of aromatic nitrogens is 1. The summed E-state index contributed by atoms with van der Waals surface area (Å²) in [5.74, 6) is 0. The average Bonchev–Trinajstić information content (AvgIpc) is 3.11. The Balaban J connectivity index is 1.79. The normalized spacial score (nSPS) is 19.4. The molecule has 3 rings (SSSR count). The van der Waals surface area contributed by atoms with Crippen molar-refractivity contribution in [1.82, 2.24) is 9.88 Å². The van der Waals surface area contributed by atoms with Gasteiger partial charge in [-0.25, -0.2) is 0 Å². The van der Waals surface area contributed by atoms with Crippen LogP contribution in [0.15, 0.2) is 36.0 Å². The molecule has 0 bridgehead atoms. The van der Waals surface area contributed by atoms with Crippen LogP contribution in [0.1, 0.15) is 29.3 Å². The number of anilines is 1. The second-order valence-electron chi connectivity index (χ2n) is 5.59. The maximum atomic E-state index is 4.18. The Morgan fingerprint density at radius 2 is 2.30 bits per heavy atom. The van der Waals surface area contributed by atoms with Crippen LogP contribution in [0.5, 0.6) is 0 Å². The van der Waals surface area contributed by atoms with Crippen LogP contribution in [-0.4, -0.2) is 30.5 Å². The fourth-order valence-corrected chi connectivity index (χ4v) is 3.54. The highest BCUT2D eigenvalue weighted by molar-refractivity contribution is 7.09. The lowest BCUT2D eigenvalue weighted by Crippen LogP contribution is -2.22. The number of hydrogen-bond acceptors (Lipinski definition) is 4. The Bertz CT molecular complexity index is 551. The highest BCUT2D eigenvalue weighted by Gasteiger charge is 2.26. The van der Waals surface area contributed by atoms with E-state index in [0.29, 0.717) is 6.04 Å². The molecule has 0 N–H and O–H groups in total. The average molecular weight is 287 g/mol. The molecule has 0 radical (unpaired) electrons. The molecule has 1 aromatic carbocycles. The summed E-state index contributed by atoms with van der Waals surface area (Å²) in [5, 5.41) is 0. The molecule has 0 saturated carbocycles. The molecule has 1 fully saturated rings. The van der Waals surface area contributed by atoms with Gasteiger partial charge < -0.3 is 4.90 Å². The summed E-state index contributed by atoms with van der Waals surface area (Å²) < 4.78 is 0. The molecule has 1 aromatic heterocycles. The van der Waals surface area contributed by atoms with Gasteiger partial charge in [0, 0.05) is 43.4 Å². The van der Waals surface area contributed by atoms with E-state index >= 15 is 0 Å². The summed E-state index contributed by atoms with van der Waals surface area (Å²) in [7, 11) is 4.20. The maximum Gasteiger partial charge on any atom is 0.0794 e. The van der Waals surface area contributed by atoms with E-state index in [0.717, 1.165) is 6.54 Å². The lowest BCUT2D eigenvalue weighted by molar-refractivity contribution is 0.250. The summed E-state index contributed by atoms with van der Waals surface area (Å²) in [6.07, 6.45) is 4.54. The van der Waals surface area contributed by atoms with Crippen molar-refractivity contribution in [2.45, 2.75) is 25.4 Å². The highest BCUT2D eigenvalue weighted by Crippen LogP contribution is 2.34. The van der Waals surface area contributed by atoms with Gasteiger partial charge >= 0.3 is 0 Å². The zero-order chi connectivity index (χ0) is 13.9. The minimum absolute atomic E-state index is 0.553. The highest BCUT2D eigenvalue weighted by atomic mass is 32.1. The van der Waals surface area contributed by atoms with Gasteiger partial charge in [0.05, 0.1) is 5.51 Å². The fourth-order valence-electron chi connectivity index (χ4n) is 2.92. The molecule has 2 aromatic rings. The van der Waals surface area contributed by atoms with E-state index in [2.05, 4.69) is 53.1 Å². The number of benzene rings is 1. The number of rotatable bonds is 4. The molecule has 4 heteroatoms. The molecule has 3 nitrogen and oxygen atoms in total. The number of hydrogen-bond donors (Lipinski definition) is 0. The summed E-state index contributed by atoms with van der Waals surface area (Å²) in [5.41, 5.74) is 4.65. The lowest BCUT2D eigenvalue weighted by Gasteiger charge is -2.25. The van der Waals surface area contributed by atoms with E-state index in [1.807, 2.05) is 11.7 Å². The third-order valence-electron chi connectivity index (χ3n) is 3.98. The topological polar surface area (TPSA) is 19.4 Å². The standard InChI is InChI=1S/C16H21N3S/c1-18(2)14-6-3-5-13(9-14)16-7-4-8-19(16)11-15-10-17-12-20-15/h3,5-6,9-10,12,16H,4,7-8,11H2,1-2H3/t16-/m1/s1. The zero-order valence-electron chi connectivity index (χ0n) is 12.1. The maximum absolute atomic E-state index is 4.18. The minimum atomic E-state index is 0.553. The molecule has 106 valence electrons. The molecule has 0 aliphatic carbocycles. The second kappa shape index (κ2) is 5.94. The van der Waals surface area contributed by atoms with Crippen molar-refractivity contribution in [2.75, 3.05) is 25.5 Å². The number of likely N-dealkylation sites (tertiary alicyclic amines) is 1. The molecule has 1 aliphatic heterocycles. The van der Waals surface area contributed by atoms with E-state index in [1.54, 1.807) is 11.3 Å². The van der Waals surface area contributed by atoms with Crippen molar-refractivity contribution >= 4 is 17.0 Å². The number of thiazole rings is 1. The van der Waals surface area contributed by atoms with E-state index < -0.39 is 0 Å². The van der Waals surface area contributed by atoms with Crippen molar-refractivity contribution in [3.63, 3.8) is 0 Å². The van der Waals surface area contributed by atoms with Crippen molar-refractivity contribution in [3.8, 4) is 0 Å². The SMILES string of the molecule is CN(C)c1cccc([C@H]2CCCN2Cc2cncs2)c1. The smallest absolute Gasteiger partial charge is 0.0794 e. The molecular formula is C16H21N3S. The van der Waals surface area contributed by atoms with E-state index in [-0.39, 0.29) is 0 Å². The molecule has 0 amide bonds. The molecule has 2 heterocycles. The first-order chi connectivity index (χ1) is 9.74. The van der Waals surface area contributed by atoms with Crippen LogP contribution in [0.25, 0.3) is 0 Å². The first-order valence-corrected chi connectivity index (χ1v) is 8.01. The zero-order valence-corrected chi connectivity index (χ0v) is 12.9. The molecule has 20 heavy (non-hydrogen) atoms. The predicted octanol–water partition coefficient (Wildman–Crippen LogP) is 3.55. The van der Waals surface area contributed by atoms with E-state index in [1.165, 1.54) is 35.5 Å². The van der Waals surface area contributed by atoms with Crippen LogP contribution in [0.3, 0.4) is 0 Å². The van der Waals surface area contributed by atoms with Crippen LogP contribution in [0.2, 0.25) is 0 Å². The fraction of sp³-hybridized carbons (Fsp3) is 0.438. The Hall–Kier alpha value is -1.39. The van der Waals surface area contributed by atoms with Crippen LogP contribution < -0.4 is 4.90 Å². The van der Waals surface area contributed by atoms with Crippen molar-refractivity contribution in [3.05, 3.63) is 46.4 Å². The van der Waals surface area contributed by atoms with Crippen LogP contribution >= 0.6 is 11.3 Å². The molecule has 1 aliphatic rings. The van der Waals surface area contributed by atoms with Crippen LogP contribution in [-0.2, 0) is 6.54 Å². The van der Waals surface area contributed by atoms with Gasteiger partial charge in [-0.15, -0.1) is 11.3 Å². The third-order valence-corrected chi connectivity index (χ3v) is 4.74. The van der Waals surface area contributed by atoms with Gasteiger partial charge in [-0.2, -0.15) is 0 Å². The minimum Gasteiger partial charge on any atom is -0.378 e. The predicted molar refractivity (Wildman–Crippen MR) is 85.3 cm³/mol. The summed E-state index contributed by atoms with van der Waals surface area (Å²) in [6, 6.07) is 9.50. The molecule has 1 atom stereocenters. The lowest BCUT2D eigenvalue weighted by atomic mass is 10.0. The first-order valence-electron chi connectivity index (χ1n) is 7.13. The Morgan fingerprint density at radius 3 is 3.05 bits per heavy atom. The third kappa shape index (κ3) is 2.86. The molecule has 0 spiro atoms. The Morgan fingerprint density at radius 1 is 1.40 bits per heavy atom. The quantitative estimate of drug-likeness (QED) is 0.857. The van der Waals surface area contributed by atoms with Gasteiger partial charge in [-0.3, -0.25) is 9.88 Å². The van der Waals surface area contributed by atoms with Crippen molar-refractivity contribution in [1.29, 1.82) is 0 Å². The Kier molecular flexibility index (Phi) is 4.03. The second-order valence-corrected chi connectivity index (χ2v) is 6.56. The van der Waals surface area contributed by atoms with Gasteiger partial charge in [0.15, 0.2) is 0 Å². The van der Waals surface area contributed by atoms with Gasteiger partial charge in [0.2, 0.25) is 0 Å². The number of nitrogens with zero attached hydrogens (tertiary/aromatic N) is 3. The monoisotopic (exact) mass is 287 g/mol. The van der Waals surface area contributed by atoms with Crippen LogP contribution in [0.4, 0.5) is 5.69 Å². The summed E-state index contributed by atoms with van der Waals surface area (Å²) in [6.45, 7) is 2.22. The van der Waals surface area contributed by atoms with Crippen LogP contribution in [0, 0.1) is 0 Å². The van der Waals surface area contributed by atoms with Gasteiger partial charge in [-0.1, -0.05) is 12.1 Å². The van der Waals surface area contributed by atoms with Gasteiger partial charge in [0.25, 0.3) is 0 Å². The summed E-state index contributed by atoms with van der Waals surface area (Å²) in [4.78, 5) is 10.3.